The average Bonchev–Trinajstić information content (AvgIpc) is 2.60. The molecule has 144 valence electrons. The molecule has 1 aromatic rings. The number of carbonyl (C=O) groups is 1. The summed E-state index contributed by atoms with van der Waals surface area (Å²) < 4.78 is 5.65. The van der Waals surface area contributed by atoms with Crippen molar-refractivity contribution in [3.8, 4) is 0 Å². The smallest absolute Gasteiger partial charge is 0.239 e. The van der Waals surface area contributed by atoms with E-state index in [1.54, 1.807) is 0 Å². The second kappa shape index (κ2) is 8.10. The number of nitrogens with one attached hydrogen (secondary N) is 1. The molecule has 3 rings (SSSR count). The summed E-state index contributed by atoms with van der Waals surface area (Å²) in [6.07, 6.45) is 2.28. The van der Waals surface area contributed by atoms with E-state index >= 15 is 0 Å². The second-order valence-corrected chi connectivity index (χ2v) is 9.07. The highest BCUT2D eigenvalue weighted by Crippen LogP contribution is 2.41. The fourth-order valence-corrected chi connectivity index (χ4v) is 4.67. The molecule has 2 fully saturated rings. The predicted molar refractivity (Wildman–Crippen MR) is 105 cm³/mol. The molecule has 0 bridgehead atoms. The first-order valence-corrected chi connectivity index (χ1v) is 10.0. The van der Waals surface area contributed by atoms with Gasteiger partial charge in [-0.1, -0.05) is 58.0 Å². The summed E-state index contributed by atoms with van der Waals surface area (Å²) in [6.45, 7) is 12.0. The normalized spacial score (nSPS) is 32.2. The molecule has 4 atom stereocenters. The minimum absolute atomic E-state index is 0.127. The number of hydrogen-bond donors (Lipinski definition) is 1. The maximum atomic E-state index is 13.1. The Labute approximate surface area is 158 Å². The van der Waals surface area contributed by atoms with Crippen LogP contribution in [0.1, 0.15) is 46.1 Å². The van der Waals surface area contributed by atoms with E-state index in [1.807, 2.05) is 6.07 Å². The molecule has 26 heavy (non-hydrogen) atoms. The lowest BCUT2D eigenvalue weighted by Gasteiger charge is -2.44. The predicted octanol–water partition coefficient (Wildman–Crippen LogP) is 3.46. The van der Waals surface area contributed by atoms with Crippen LogP contribution in [0.2, 0.25) is 0 Å². The van der Waals surface area contributed by atoms with Crippen molar-refractivity contribution in [2.75, 3.05) is 19.8 Å². The van der Waals surface area contributed by atoms with Crippen LogP contribution in [0.3, 0.4) is 0 Å². The number of nitrogens with zero attached hydrogens (tertiary/aromatic N) is 1. The lowest BCUT2D eigenvalue weighted by molar-refractivity contribution is -0.134. The first-order chi connectivity index (χ1) is 12.4. The van der Waals surface area contributed by atoms with Crippen LogP contribution in [0.25, 0.3) is 0 Å². The van der Waals surface area contributed by atoms with Gasteiger partial charge < -0.3 is 10.1 Å². The average molecular weight is 359 g/mol. The molecule has 0 spiro atoms. The van der Waals surface area contributed by atoms with Gasteiger partial charge in [-0.05, 0) is 35.7 Å². The van der Waals surface area contributed by atoms with Crippen molar-refractivity contribution in [2.24, 2.45) is 17.3 Å². The van der Waals surface area contributed by atoms with Gasteiger partial charge in [0.2, 0.25) is 5.91 Å². The van der Waals surface area contributed by atoms with Gasteiger partial charge in [-0.25, -0.2) is 0 Å². The van der Waals surface area contributed by atoms with Crippen LogP contribution < -0.4 is 5.32 Å². The Hall–Kier alpha value is -1.39. The van der Waals surface area contributed by atoms with Crippen molar-refractivity contribution in [3.63, 3.8) is 0 Å². The van der Waals surface area contributed by atoms with Gasteiger partial charge in [0, 0.05) is 19.1 Å². The number of rotatable bonds is 4. The highest BCUT2D eigenvalue weighted by molar-refractivity contribution is 5.82. The van der Waals surface area contributed by atoms with Crippen molar-refractivity contribution < 1.29 is 9.53 Å². The van der Waals surface area contributed by atoms with E-state index in [0.717, 1.165) is 19.5 Å². The SMILES string of the molecule is CC1CC(C)(C)CC(NC(=O)C2COCCN2Cc2ccccc2)C1C. The summed E-state index contributed by atoms with van der Waals surface area (Å²) in [5.74, 6) is 1.27. The molecule has 1 heterocycles. The van der Waals surface area contributed by atoms with Gasteiger partial charge >= 0.3 is 0 Å². The van der Waals surface area contributed by atoms with E-state index in [0.29, 0.717) is 25.0 Å². The zero-order chi connectivity index (χ0) is 18.7. The summed E-state index contributed by atoms with van der Waals surface area (Å²) in [5.41, 5.74) is 1.53. The highest BCUT2D eigenvalue weighted by Gasteiger charge is 2.39. The third kappa shape index (κ3) is 4.66. The van der Waals surface area contributed by atoms with Crippen LogP contribution in [0.4, 0.5) is 0 Å². The zero-order valence-electron chi connectivity index (χ0n) is 16.7. The van der Waals surface area contributed by atoms with E-state index in [1.165, 1.54) is 12.0 Å². The molecular weight excluding hydrogens is 324 g/mol. The second-order valence-electron chi connectivity index (χ2n) is 9.07. The van der Waals surface area contributed by atoms with E-state index in [4.69, 9.17) is 4.74 Å². The summed E-state index contributed by atoms with van der Waals surface area (Å²) in [4.78, 5) is 15.4. The van der Waals surface area contributed by atoms with Gasteiger partial charge in [-0.2, -0.15) is 0 Å². The van der Waals surface area contributed by atoms with Gasteiger partial charge in [-0.3, -0.25) is 9.69 Å². The summed E-state index contributed by atoms with van der Waals surface area (Å²) >= 11 is 0. The Morgan fingerprint density at radius 1 is 1.23 bits per heavy atom. The van der Waals surface area contributed by atoms with Gasteiger partial charge in [-0.15, -0.1) is 0 Å². The quantitative estimate of drug-likeness (QED) is 0.896. The molecule has 4 nitrogen and oxygen atoms in total. The van der Waals surface area contributed by atoms with Gasteiger partial charge in [0.25, 0.3) is 0 Å². The Morgan fingerprint density at radius 2 is 1.96 bits per heavy atom. The molecule has 1 N–H and O–H groups in total. The van der Waals surface area contributed by atoms with E-state index in [2.05, 4.69) is 62.2 Å². The fraction of sp³-hybridized carbons (Fsp3) is 0.682. The molecule has 0 aromatic heterocycles. The molecule has 1 saturated heterocycles. The van der Waals surface area contributed by atoms with Crippen LogP contribution in [0.5, 0.6) is 0 Å². The number of hydrogen-bond acceptors (Lipinski definition) is 3. The Morgan fingerprint density at radius 3 is 2.69 bits per heavy atom. The summed E-state index contributed by atoms with van der Waals surface area (Å²) in [7, 11) is 0. The van der Waals surface area contributed by atoms with Crippen LogP contribution in [-0.4, -0.2) is 42.6 Å². The van der Waals surface area contributed by atoms with Crippen molar-refractivity contribution in [3.05, 3.63) is 35.9 Å². The van der Waals surface area contributed by atoms with E-state index < -0.39 is 0 Å². The molecule has 1 aliphatic carbocycles. The minimum Gasteiger partial charge on any atom is -0.378 e. The van der Waals surface area contributed by atoms with Gasteiger partial charge in [0.1, 0.15) is 6.04 Å². The van der Waals surface area contributed by atoms with Crippen molar-refractivity contribution >= 4 is 5.91 Å². The van der Waals surface area contributed by atoms with Gasteiger partial charge in [0.05, 0.1) is 13.2 Å². The molecule has 1 aliphatic heterocycles. The molecule has 4 heteroatoms. The lowest BCUT2D eigenvalue weighted by Crippen LogP contribution is -2.57. The number of ether oxygens (including phenoxy) is 1. The third-order valence-corrected chi connectivity index (χ3v) is 6.28. The van der Waals surface area contributed by atoms with Crippen molar-refractivity contribution in [1.29, 1.82) is 0 Å². The standard InChI is InChI=1S/C22H34N2O2/c1-16-12-22(3,4)13-19(17(16)2)23-21(25)20-15-26-11-10-24(20)14-18-8-6-5-7-9-18/h5-9,16-17,19-20H,10-15H2,1-4H3,(H,23,25). The highest BCUT2D eigenvalue weighted by atomic mass is 16.5. The topological polar surface area (TPSA) is 41.6 Å². The third-order valence-electron chi connectivity index (χ3n) is 6.28. The molecule has 1 saturated carbocycles. The number of morpholine rings is 1. The lowest BCUT2D eigenvalue weighted by atomic mass is 9.66. The Kier molecular flexibility index (Phi) is 6.03. The Balaban J connectivity index is 1.66. The number of carbonyl (C=O) groups excluding carboxylic acids is 1. The first-order valence-electron chi connectivity index (χ1n) is 10.0. The van der Waals surface area contributed by atoms with Crippen LogP contribution in [0, 0.1) is 17.3 Å². The van der Waals surface area contributed by atoms with E-state index in [9.17, 15) is 4.79 Å². The largest absolute Gasteiger partial charge is 0.378 e. The maximum Gasteiger partial charge on any atom is 0.239 e. The first kappa shape index (κ1) is 19.4. The van der Waals surface area contributed by atoms with Crippen LogP contribution >= 0.6 is 0 Å². The number of amides is 1. The van der Waals surface area contributed by atoms with E-state index in [-0.39, 0.29) is 23.4 Å². The van der Waals surface area contributed by atoms with Crippen LogP contribution in [0.15, 0.2) is 30.3 Å². The molecular formula is C22H34N2O2. The van der Waals surface area contributed by atoms with Crippen LogP contribution in [-0.2, 0) is 16.1 Å². The summed E-state index contributed by atoms with van der Waals surface area (Å²) in [6, 6.07) is 10.4. The molecule has 4 unspecified atom stereocenters. The summed E-state index contributed by atoms with van der Waals surface area (Å²) in [5, 5.41) is 3.38. The van der Waals surface area contributed by atoms with Gasteiger partial charge in [0.15, 0.2) is 0 Å². The minimum atomic E-state index is -0.198. The zero-order valence-corrected chi connectivity index (χ0v) is 16.7. The monoisotopic (exact) mass is 358 g/mol. The maximum absolute atomic E-state index is 13.1. The van der Waals surface area contributed by atoms with Crippen molar-refractivity contribution in [2.45, 2.75) is 59.2 Å². The molecule has 1 amide bonds. The van der Waals surface area contributed by atoms with Crippen molar-refractivity contribution in [1.82, 2.24) is 10.2 Å². The number of benzene rings is 1. The molecule has 1 aromatic carbocycles. The molecule has 0 radical (unpaired) electrons. The fourth-order valence-electron chi connectivity index (χ4n) is 4.67. The Bertz CT molecular complexity index is 601. The molecule has 2 aliphatic rings.